The quantitative estimate of drug-likeness (QED) is 0.508. The maximum absolute atomic E-state index is 13.0. The number of piperazine rings is 1. The first kappa shape index (κ1) is 19.3. The van der Waals surface area contributed by atoms with Gasteiger partial charge in [-0.2, -0.15) is 5.10 Å². The van der Waals surface area contributed by atoms with E-state index in [0.29, 0.717) is 22.6 Å². The number of carbonyl (C=O) groups is 1. The predicted molar refractivity (Wildman–Crippen MR) is 117 cm³/mol. The Balaban J connectivity index is 1.50. The zero-order valence-electron chi connectivity index (χ0n) is 17.4. The lowest BCUT2D eigenvalue weighted by Gasteiger charge is -2.26. The van der Waals surface area contributed by atoms with E-state index in [0.717, 1.165) is 37.6 Å². The molecule has 5 heterocycles. The van der Waals surface area contributed by atoms with Gasteiger partial charge in [-0.25, -0.2) is 14.5 Å². The maximum Gasteiger partial charge on any atom is 0.261 e. The van der Waals surface area contributed by atoms with E-state index in [-0.39, 0.29) is 12.0 Å². The van der Waals surface area contributed by atoms with E-state index in [9.17, 15) is 4.79 Å². The minimum Gasteiger partial charge on any atom is -0.489 e. The molecule has 0 atom stereocenters. The van der Waals surface area contributed by atoms with Crippen LogP contribution in [0.2, 0.25) is 0 Å². The molecule has 1 aliphatic rings. The third-order valence-electron chi connectivity index (χ3n) is 5.12. The molecule has 0 radical (unpaired) electrons. The molecule has 31 heavy (non-hydrogen) atoms. The monoisotopic (exact) mass is 420 g/mol. The Morgan fingerprint density at radius 3 is 2.90 bits per heavy atom. The number of carbonyl (C=O) groups excluding carboxylic acids is 1. The molecule has 1 amide bonds. The molecule has 1 fully saturated rings. The zero-order valence-corrected chi connectivity index (χ0v) is 17.4. The van der Waals surface area contributed by atoms with Gasteiger partial charge in [0.05, 0.1) is 18.5 Å². The van der Waals surface area contributed by atoms with Crippen molar-refractivity contribution >= 4 is 28.7 Å². The number of aromatic nitrogens is 5. The first-order chi connectivity index (χ1) is 15.1. The SMILES string of the molecule is CC(C)Oc1cc2nc(N3CCNCC3)cn2cc1NC(=O)c1cnn2cccnc12. The molecule has 0 bridgehead atoms. The summed E-state index contributed by atoms with van der Waals surface area (Å²) in [5.41, 5.74) is 2.21. The highest BCUT2D eigenvalue weighted by molar-refractivity contribution is 6.08. The van der Waals surface area contributed by atoms with E-state index in [4.69, 9.17) is 9.72 Å². The topological polar surface area (TPSA) is 101 Å². The van der Waals surface area contributed by atoms with Gasteiger partial charge in [-0.05, 0) is 19.9 Å². The van der Waals surface area contributed by atoms with Crippen LogP contribution >= 0.6 is 0 Å². The van der Waals surface area contributed by atoms with E-state index in [1.807, 2.05) is 36.7 Å². The molecule has 0 unspecified atom stereocenters. The summed E-state index contributed by atoms with van der Waals surface area (Å²) < 4.78 is 9.47. The van der Waals surface area contributed by atoms with Crippen molar-refractivity contribution in [2.24, 2.45) is 0 Å². The average Bonchev–Trinajstić information content (AvgIpc) is 3.38. The van der Waals surface area contributed by atoms with Gasteiger partial charge in [0.2, 0.25) is 0 Å². The van der Waals surface area contributed by atoms with E-state index in [2.05, 4.69) is 25.6 Å². The summed E-state index contributed by atoms with van der Waals surface area (Å²) in [4.78, 5) is 24.3. The second kappa shape index (κ2) is 7.88. The summed E-state index contributed by atoms with van der Waals surface area (Å²) in [6.07, 6.45) is 8.66. The first-order valence-electron chi connectivity index (χ1n) is 10.3. The maximum atomic E-state index is 13.0. The van der Waals surface area contributed by atoms with Crippen molar-refractivity contribution in [1.29, 1.82) is 0 Å². The van der Waals surface area contributed by atoms with E-state index in [1.165, 1.54) is 6.20 Å². The van der Waals surface area contributed by atoms with Crippen molar-refractivity contribution in [1.82, 2.24) is 29.3 Å². The molecule has 4 aromatic heterocycles. The van der Waals surface area contributed by atoms with Gasteiger partial charge in [-0.1, -0.05) is 0 Å². The fourth-order valence-electron chi connectivity index (χ4n) is 3.67. The number of imidazole rings is 1. The van der Waals surface area contributed by atoms with Crippen molar-refractivity contribution in [3.8, 4) is 5.75 Å². The lowest BCUT2D eigenvalue weighted by Crippen LogP contribution is -2.43. The van der Waals surface area contributed by atoms with Crippen molar-refractivity contribution < 1.29 is 9.53 Å². The van der Waals surface area contributed by atoms with Gasteiger partial charge < -0.3 is 24.7 Å². The molecule has 1 saturated heterocycles. The molecule has 0 aromatic carbocycles. The van der Waals surface area contributed by atoms with Crippen LogP contribution in [0.25, 0.3) is 11.3 Å². The fraction of sp³-hybridized carbons (Fsp3) is 0.333. The van der Waals surface area contributed by atoms with Crippen LogP contribution in [0.4, 0.5) is 11.5 Å². The number of nitrogens with zero attached hydrogens (tertiary/aromatic N) is 6. The Kier molecular flexibility index (Phi) is 4.91. The number of anilines is 2. The molecular formula is C21H24N8O2. The van der Waals surface area contributed by atoms with Crippen LogP contribution < -0.4 is 20.3 Å². The summed E-state index contributed by atoms with van der Waals surface area (Å²) in [5.74, 6) is 1.18. The van der Waals surface area contributed by atoms with Crippen molar-refractivity contribution in [2.45, 2.75) is 20.0 Å². The molecule has 10 heteroatoms. The number of ether oxygens (including phenoxy) is 1. The van der Waals surface area contributed by atoms with Crippen LogP contribution in [-0.2, 0) is 0 Å². The van der Waals surface area contributed by atoms with Crippen molar-refractivity contribution in [2.75, 3.05) is 36.4 Å². The van der Waals surface area contributed by atoms with Crippen molar-refractivity contribution in [3.05, 3.63) is 48.7 Å². The number of hydrogen-bond acceptors (Lipinski definition) is 7. The summed E-state index contributed by atoms with van der Waals surface area (Å²) in [6.45, 7) is 7.58. The molecule has 1 aliphatic heterocycles. The summed E-state index contributed by atoms with van der Waals surface area (Å²) in [5, 5.41) is 10.5. The molecule has 0 spiro atoms. The third-order valence-corrected chi connectivity index (χ3v) is 5.12. The Morgan fingerprint density at radius 2 is 2.10 bits per heavy atom. The van der Waals surface area contributed by atoms with Crippen LogP contribution in [0.15, 0.2) is 43.1 Å². The van der Waals surface area contributed by atoms with E-state index in [1.54, 1.807) is 23.0 Å². The minimum atomic E-state index is -0.302. The Hall–Kier alpha value is -3.66. The highest BCUT2D eigenvalue weighted by atomic mass is 16.5. The number of amides is 1. The molecule has 4 aromatic rings. The molecule has 10 nitrogen and oxygen atoms in total. The van der Waals surface area contributed by atoms with E-state index >= 15 is 0 Å². The van der Waals surface area contributed by atoms with Crippen LogP contribution in [0, 0.1) is 0 Å². The van der Waals surface area contributed by atoms with Crippen LogP contribution in [0.5, 0.6) is 5.75 Å². The second-order valence-electron chi connectivity index (χ2n) is 7.72. The van der Waals surface area contributed by atoms with Gasteiger partial charge in [0, 0.05) is 50.8 Å². The summed E-state index contributed by atoms with van der Waals surface area (Å²) >= 11 is 0. The smallest absolute Gasteiger partial charge is 0.261 e. The number of rotatable bonds is 5. The van der Waals surface area contributed by atoms with Crippen LogP contribution in [0.3, 0.4) is 0 Å². The number of hydrogen-bond donors (Lipinski definition) is 2. The van der Waals surface area contributed by atoms with Crippen LogP contribution in [-0.4, -0.2) is 62.2 Å². The molecule has 0 saturated carbocycles. The minimum absolute atomic E-state index is 0.0562. The van der Waals surface area contributed by atoms with Gasteiger partial charge >= 0.3 is 0 Å². The highest BCUT2D eigenvalue weighted by Gasteiger charge is 2.19. The number of pyridine rings is 1. The zero-order chi connectivity index (χ0) is 21.4. The average molecular weight is 420 g/mol. The van der Waals surface area contributed by atoms with Gasteiger partial charge in [0.1, 0.15) is 28.5 Å². The second-order valence-corrected chi connectivity index (χ2v) is 7.72. The first-order valence-corrected chi connectivity index (χ1v) is 10.3. The molecule has 2 N–H and O–H groups in total. The molecule has 0 aliphatic carbocycles. The van der Waals surface area contributed by atoms with Gasteiger partial charge in [-0.15, -0.1) is 0 Å². The Bertz CT molecular complexity index is 1240. The predicted octanol–water partition coefficient (Wildman–Crippen LogP) is 1.83. The van der Waals surface area contributed by atoms with Crippen LogP contribution in [0.1, 0.15) is 24.2 Å². The number of nitrogens with one attached hydrogen (secondary N) is 2. The lowest BCUT2D eigenvalue weighted by molar-refractivity contribution is 0.102. The molecule has 160 valence electrons. The van der Waals surface area contributed by atoms with E-state index < -0.39 is 0 Å². The standard InChI is InChI=1S/C21H24N8O2/c1-14(2)31-17-10-18-26-19(27-8-5-22-6-9-27)13-28(18)12-16(17)25-21(30)15-11-24-29-7-3-4-23-20(15)29/h3-4,7,10-14,22H,5-6,8-9H2,1-2H3,(H,25,30). The Morgan fingerprint density at radius 1 is 1.26 bits per heavy atom. The van der Waals surface area contributed by atoms with Crippen molar-refractivity contribution in [3.63, 3.8) is 0 Å². The Labute approximate surface area is 178 Å². The summed E-state index contributed by atoms with van der Waals surface area (Å²) in [6, 6.07) is 3.62. The molecular weight excluding hydrogens is 396 g/mol. The molecule has 5 rings (SSSR count). The lowest BCUT2D eigenvalue weighted by atomic mass is 10.3. The summed E-state index contributed by atoms with van der Waals surface area (Å²) in [7, 11) is 0. The fourth-order valence-corrected chi connectivity index (χ4v) is 3.67. The van der Waals surface area contributed by atoms with Gasteiger partial charge in [-0.3, -0.25) is 4.79 Å². The normalized spacial score (nSPS) is 14.5. The highest BCUT2D eigenvalue weighted by Crippen LogP contribution is 2.29. The van der Waals surface area contributed by atoms with Gasteiger partial charge in [0.15, 0.2) is 5.65 Å². The largest absolute Gasteiger partial charge is 0.489 e. The third kappa shape index (κ3) is 3.77. The van der Waals surface area contributed by atoms with Gasteiger partial charge in [0.25, 0.3) is 5.91 Å². The number of fused-ring (bicyclic) bond motifs is 2.